The van der Waals surface area contributed by atoms with Crippen molar-refractivity contribution in [2.24, 2.45) is 4.99 Å². The van der Waals surface area contributed by atoms with E-state index >= 15 is 0 Å². The fourth-order valence-corrected chi connectivity index (χ4v) is 3.58. The summed E-state index contributed by atoms with van der Waals surface area (Å²) < 4.78 is 5.30. The SMILES string of the molecule is CN1C(=O)C(NC(=S)NCc2ccco2)N=C(c2ccccc2)c2cc(Cl)ccc21. The Hall–Kier alpha value is -3.16. The van der Waals surface area contributed by atoms with E-state index in [9.17, 15) is 4.79 Å². The van der Waals surface area contributed by atoms with Crippen LogP contribution in [0, 0.1) is 0 Å². The third-order valence-electron chi connectivity index (χ3n) is 4.72. The molecule has 0 aliphatic carbocycles. The zero-order valence-corrected chi connectivity index (χ0v) is 17.7. The van der Waals surface area contributed by atoms with Crippen molar-refractivity contribution >= 4 is 46.2 Å². The molecule has 2 aromatic carbocycles. The third-order valence-corrected chi connectivity index (χ3v) is 5.21. The van der Waals surface area contributed by atoms with Gasteiger partial charge in [0.2, 0.25) is 6.17 Å². The fraction of sp³-hybridized carbons (Fsp3) is 0.136. The van der Waals surface area contributed by atoms with E-state index in [1.165, 1.54) is 0 Å². The van der Waals surface area contributed by atoms with Gasteiger partial charge in [-0.3, -0.25) is 4.79 Å². The smallest absolute Gasteiger partial charge is 0.272 e. The Bertz CT molecular complexity index is 1100. The first-order valence-electron chi connectivity index (χ1n) is 9.30. The maximum atomic E-state index is 13.2. The van der Waals surface area contributed by atoms with Crippen LogP contribution in [0.4, 0.5) is 5.69 Å². The highest BCUT2D eigenvalue weighted by Crippen LogP contribution is 2.29. The van der Waals surface area contributed by atoms with Crippen molar-refractivity contribution in [3.8, 4) is 0 Å². The molecule has 30 heavy (non-hydrogen) atoms. The van der Waals surface area contributed by atoms with Crippen LogP contribution in [0.2, 0.25) is 5.02 Å². The number of furan rings is 1. The van der Waals surface area contributed by atoms with Gasteiger partial charge in [0.1, 0.15) is 5.76 Å². The molecule has 3 aromatic rings. The van der Waals surface area contributed by atoms with E-state index in [1.54, 1.807) is 30.3 Å². The van der Waals surface area contributed by atoms with E-state index in [0.29, 0.717) is 22.4 Å². The fourth-order valence-electron chi connectivity index (χ4n) is 3.22. The number of benzodiazepines with no additional fused rings is 1. The number of fused-ring (bicyclic) bond motifs is 1. The van der Waals surface area contributed by atoms with Crippen LogP contribution in [0.1, 0.15) is 16.9 Å². The van der Waals surface area contributed by atoms with E-state index in [2.05, 4.69) is 10.6 Å². The number of carbonyl (C=O) groups is 1. The molecular weight excluding hydrogens is 420 g/mol. The van der Waals surface area contributed by atoms with Crippen molar-refractivity contribution in [2.45, 2.75) is 12.7 Å². The van der Waals surface area contributed by atoms with Crippen LogP contribution in [-0.2, 0) is 11.3 Å². The molecule has 1 aliphatic heterocycles. The number of hydrogen-bond acceptors (Lipinski definition) is 4. The minimum atomic E-state index is -0.895. The predicted octanol–water partition coefficient (Wildman–Crippen LogP) is 3.74. The topological polar surface area (TPSA) is 69.9 Å². The van der Waals surface area contributed by atoms with Gasteiger partial charge in [-0.25, -0.2) is 4.99 Å². The summed E-state index contributed by atoms with van der Waals surface area (Å²) in [4.78, 5) is 19.5. The molecule has 6 nitrogen and oxygen atoms in total. The van der Waals surface area contributed by atoms with Crippen LogP contribution >= 0.6 is 23.8 Å². The summed E-state index contributed by atoms with van der Waals surface area (Å²) >= 11 is 11.6. The lowest BCUT2D eigenvalue weighted by Gasteiger charge is -2.21. The number of benzene rings is 2. The molecule has 152 valence electrons. The highest BCUT2D eigenvalue weighted by Gasteiger charge is 2.30. The number of nitrogens with zero attached hydrogens (tertiary/aromatic N) is 2. The Balaban J connectivity index is 1.67. The highest BCUT2D eigenvalue weighted by molar-refractivity contribution is 7.80. The van der Waals surface area contributed by atoms with E-state index in [-0.39, 0.29) is 5.91 Å². The predicted molar refractivity (Wildman–Crippen MR) is 122 cm³/mol. The first-order valence-corrected chi connectivity index (χ1v) is 10.1. The number of halogens is 1. The average Bonchev–Trinajstić information content (AvgIpc) is 3.25. The maximum absolute atomic E-state index is 13.2. The number of amides is 1. The molecule has 2 heterocycles. The summed E-state index contributed by atoms with van der Waals surface area (Å²) in [5.74, 6) is 0.505. The van der Waals surface area contributed by atoms with Crippen LogP contribution in [0.5, 0.6) is 0 Å². The van der Waals surface area contributed by atoms with Gasteiger partial charge in [-0.15, -0.1) is 0 Å². The lowest BCUT2D eigenvalue weighted by molar-refractivity contribution is -0.119. The van der Waals surface area contributed by atoms with Gasteiger partial charge in [0.15, 0.2) is 5.11 Å². The highest BCUT2D eigenvalue weighted by atomic mass is 35.5. The lowest BCUT2D eigenvalue weighted by Crippen LogP contribution is -2.49. The molecule has 4 rings (SSSR count). The van der Waals surface area contributed by atoms with E-state index in [1.807, 2.05) is 48.5 Å². The Morgan fingerprint density at radius 3 is 2.73 bits per heavy atom. The average molecular weight is 439 g/mol. The van der Waals surface area contributed by atoms with Crippen molar-refractivity contribution < 1.29 is 9.21 Å². The monoisotopic (exact) mass is 438 g/mol. The molecule has 0 radical (unpaired) electrons. The van der Waals surface area contributed by atoms with Gasteiger partial charge in [-0.05, 0) is 42.5 Å². The number of anilines is 1. The molecular formula is C22H19ClN4O2S. The van der Waals surface area contributed by atoms with Crippen molar-refractivity contribution in [3.63, 3.8) is 0 Å². The minimum absolute atomic E-state index is 0.230. The van der Waals surface area contributed by atoms with Crippen LogP contribution < -0.4 is 15.5 Å². The lowest BCUT2D eigenvalue weighted by atomic mass is 10.0. The molecule has 1 unspecified atom stereocenters. The molecule has 1 aliphatic rings. The molecule has 0 saturated carbocycles. The third kappa shape index (κ3) is 4.22. The summed E-state index contributed by atoms with van der Waals surface area (Å²) in [5, 5.41) is 6.93. The van der Waals surface area contributed by atoms with E-state index < -0.39 is 6.17 Å². The number of hydrogen-bond donors (Lipinski definition) is 2. The second kappa shape index (κ2) is 8.69. The molecule has 0 saturated heterocycles. The van der Waals surface area contributed by atoms with Gasteiger partial charge < -0.3 is 20.0 Å². The van der Waals surface area contributed by atoms with Gasteiger partial charge in [0, 0.05) is 23.2 Å². The Morgan fingerprint density at radius 1 is 1.20 bits per heavy atom. The molecule has 1 amide bonds. The number of likely N-dealkylation sites (N-methyl/N-ethyl adjacent to an activating group) is 1. The van der Waals surface area contributed by atoms with Crippen LogP contribution in [0.15, 0.2) is 76.3 Å². The number of rotatable bonds is 4. The number of nitrogens with one attached hydrogen (secondary N) is 2. The Kier molecular flexibility index (Phi) is 5.83. The molecule has 0 bridgehead atoms. The first kappa shape index (κ1) is 20.1. The second-order valence-corrected chi connectivity index (χ2v) is 7.56. The zero-order chi connectivity index (χ0) is 21.1. The number of carbonyl (C=O) groups excluding carboxylic acids is 1. The molecule has 1 atom stereocenters. The van der Waals surface area contributed by atoms with Gasteiger partial charge in [0.05, 0.1) is 24.2 Å². The summed E-state index contributed by atoms with van der Waals surface area (Å²) in [5.41, 5.74) is 3.05. The summed E-state index contributed by atoms with van der Waals surface area (Å²) in [6.07, 6.45) is 0.698. The largest absolute Gasteiger partial charge is 0.467 e. The maximum Gasteiger partial charge on any atom is 0.272 e. The number of aliphatic imine (C=N–C) groups is 1. The van der Waals surface area contributed by atoms with Crippen molar-refractivity contribution in [3.05, 3.63) is 88.8 Å². The normalized spacial score (nSPS) is 15.8. The van der Waals surface area contributed by atoms with Crippen molar-refractivity contribution in [1.29, 1.82) is 0 Å². The molecule has 8 heteroatoms. The first-order chi connectivity index (χ1) is 14.5. The quantitative estimate of drug-likeness (QED) is 0.607. The van der Waals surface area contributed by atoms with Gasteiger partial charge in [-0.1, -0.05) is 41.9 Å². The summed E-state index contributed by atoms with van der Waals surface area (Å²) in [6, 6.07) is 18.7. The number of thiocarbonyl (C=S) groups is 1. The molecule has 0 fully saturated rings. The standard InChI is InChI=1S/C22H19ClN4O2S/c1-27-18-10-9-15(23)12-17(18)19(14-6-3-2-4-7-14)25-20(21(27)28)26-22(30)24-13-16-8-5-11-29-16/h2-12,20H,13H2,1H3,(H2,24,26,30). The molecule has 2 N–H and O–H groups in total. The second-order valence-electron chi connectivity index (χ2n) is 6.71. The Labute approximate surface area is 184 Å². The van der Waals surface area contributed by atoms with Crippen LogP contribution in [-0.4, -0.2) is 29.9 Å². The molecule has 0 spiro atoms. The van der Waals surface area contributed by atoms with Crippen molar-refractivity contribution in [1.82, 2.24) is 10.6 Å². The van der Waals surface area contributed by atoms with Crippen molar-refractivity contribution in [2.75, 3.05) is 11.9 Å². The summed E-state index contributed by atoms with van der Waals surface area (Å²) in [7, 11) is 1.71. The Morgan fingerprint density at radius 2 is 2.00 bits per heavy atom. The van der Waals surface area contributed by atoms with Crippen LogP contribution in [0.3, 0.4) is 0 Å². The minimum Gasteiger partial charge on any atom is -0.467 e. The van der Waals surface area contributed by atoms with Gasteiger partial charge in [-0.2, -0.15) is 0 Å². The molecule has 1 aromatic heterocycles. The van der Waals surface area contributed by atoms with E-state index in [4.69, 9.17) is 33.2 Å². The summed E-state index contributed by atoms with van der Waals surface area (Å²) in [6.45, 7) is 0.403. The van der Waals surface area contributed by atoms with E-state index in [0.717, 1.165) is 22.6 Å². The van der Waals surface area contributed by atoms with Gasteiger partial charge in [0.25, 0.3) is 5.91 Å². The zero-order valence-electron chi connectivity index (χ0n) is 16.1. The van der Waals surface area contributed by atoms with Crippen LogP contribution in [0.25, 0.3) is 0 Å². The van der Waals surface area contributed by atoms with Gasteiger partial charge >= 0.3 is 0 Å².